The zero-order valence-electron chi connectivity index (χ0n) is 20.7. The Morgan fingerprint density at radius 3 is 2.44 bits per heavy atom. The minimum Gasteiger partial charge on any atom is -0.491 e. The molecule has 0 radical (unpaired) electrons. The molecule has 3 atom stereocenters. The maximum atomic E-state index is 6.40. The molecule has 174 valence electrons. The number of hydrogen-bond acceptors (Lipinski definition) is 3. The Bertz CT molecular complexity index is 882. The third kappa shape index (κ3) is 7.57. The van der Waals surface area contributed by atoms with Crippen molar-refractivity contribution >= 4 is 17.2 Å². The van der Waals surface area contributed by atoms with E-state index in [1.165, 1.54) is 24.8 Å². The summed E-state index contributed by atoms with van der Waals surface area (Å²) in [5.74, 6) is 5.07. The van der Waals surface area contributed by atoms with Crippen molar-refractivity contribution < 1.29 is 4.74 Å². The fourth-order valence-corrected chi connectivity index (χ4v) is 4.39. The molecule has 0 aromatic heterocycles. The number of nitrogens with zero attached hydrogens (tertiary/aromatic N) is 1. The molecule has 0 saturated heterocycles. The molecule has 2 aromatic rings. The predicted molar refractivity (Wildman–Crippen MR) is 139 cm³/mol. The highest BCUT2D eigenvalue weighted by atomic mass is 16.5. The normalized spacial score (nSPS) is 14.3. The highest BCUT2D eigenvalue weighted by Gasteiger charge is 2.32. The topological polar surface area (TPSA) is 47.6 Å². The van der Waals surface area contributed by atoms with Crippen LogP contribution in [0.15, 0.2) is 60.1 Å². The Labute approximate surface area is 195 Å². The number of nitrogens with two attached hydrogens (primary N) is 1. The van der Waals surface area contributed by atoms with Crippen molar-refractivity contribution in [3.05, 3.63) is 60.7 Å². The van der Waals surface area contributed by atoms with Gasteiger partial charge in [0.05, 0.1) is 6.61 Å². The lowest BCUT2D eigenvalue weighted by atomic mass is 9.69. The lowest BCUT2D eigenvalue weighted by Gasteiger charge is -2.37. The summed E-state index contributed by atoms with van der Waals surface area (Å²) >= 11 is 0. The first-order valence-corrected chi connectivity index (χ1v) is 12.1. The molecule has 2 aromatic carbocycles. The molecule has 0 fully saturated rings. The van der Waals surface area contributed by atoms with Crippen LogP contribution in [0.4, 0.5) is 11.4 Å². The van der Waals surface area contributed by atoms with Gasteiger partial charge in [0.2, 0.25) is 0 Å². The van der Waals surface area contributed by atoms with Crippen molar-refractivity contribution in [3.8, 4) is 5.75 Å². The van der Waals surface area contributed by atoms with Crippen LogP contribution in [0.5, 0.6) is 5.75 Å². The van der Waals surface area contributed by atoms with Crippen LogP contribution in [0.2, 0.25) is 0 Å². The average Bonchev–Trinajstić information content (AvgIpc) is 2.79. The molecule has 2 rings (SSSR count). The zero-order chi connectivity index (χ0) is 23.6. The Balaban J connectivity index is 2.29. The molecule has 0 bridgehead atoms. The van der Waals surface area contributed by atoms with Crippen molar-refractivity contribution in [1.82, 2.24) is 0 Å². The van der Waals surface area contributed by atoms with E-state index in [1.807, 2.05) is 36.4 Å². The summed E-state index contributed by atoms with van der Waals surface area (Å²) in [6.07, 6.45) is 5.56. The van der Waals surface area contributed by atoms with Crippen LogP contribution in [0.3, 0.4) is 0 Å². The van der Waals surface area contributed by atoms with E-state index in [0.29, 0.717) is 29.8 Å². The SMILES string of the molecule is C=C=Nc1ccccc1OCC(CCc1ccccc1N)C(CC(C)(C)CC)C(C)CC. The standard InChI is InChI=1S/C29H42N2O/c1-7-22(4)25(20-29(5,6)8-2)24(19-18-23-14-10-11-15-26(23)30)21-32-28-17-13-12-16-27(28)31-9-3/h10-17,22,24-25H,3,7-8,18-21,30H2,1-2,4-6H3. The molecule has 0 amide bonds. The summed E-state index contributed by atoms with van der Waals surface area (Å²) in [6.45, 7) is 16.1. The number of para-hydroxylation sites is 3. The molecule has 3 heteroatoms. The number of rotatable bonds is 13. The van der Waals surface area contributed by atoms with Gasteiger partial charge in [-0.3, -0.25) is 0 Å². The second-order valence-electron chi connectivity index (χ2n) is 9.82. The van der Waals surface area contributed by atoms with Gasteiger partial charge in [-0.1, -0.05) is 77.8 Å². The second kappa shape index (κ2) is 12.5. The van der Waals surface area contributed by atoms with Gasteiger partial charge in [0.25, 0.3) is 0 Å². The number of anilines is 1. The molecule has 0 saturated carbocycles. The summed E-state index contributed by atoms with van der Waals surface area (Å²) in [5, 5.41) is 0. The lowest BCUT2D eigenvalue weighted by Crippen LogP contribution is -2.31. The molecule has 0 heterocycles. The van der Waals surface area contributed by atoms with E-state index in [1.54, 1.807) is 0 Å². The third-order valence-electron chi connectivity index (χ3n) is 7.08. The van der Waals surface area contributed by atoms with Crippen molar-refractivity contribution in [2.45, 2.75) is 66.7 Å². The molecular formula is C29H42N2O. The smallest absolute Gasteiger partial charge is 0.145 e. The molecule has 2 N–H and O–H groups in total. The third-order valence-corrected chi connectivity index (χ3v) is 7.08. The number of nitrogen functional groups attached to an aromatic ring is 1. The molecule has 0 aliphatic rings. The van der Waals surface area contributed by atoms with E-state index in [9.17, 15) is 0 Å². The molecular weight excluding hydrogens is 392 g/mol. The Morgan fingerprint density at radius 1 is 1.09 bits per heavy atom. The number of benzene rings is 2. The molecule has 32 heavy (non-hydrogen) atoms. The minimum atomic E-state index is 0.309. The van der Waals surface area contributed by atoms with E-state index < -0.39 is 0 Å². The van der Waals surface area contributed by atoms with Gasteiger partial charge in [0.15, 0.2) is 0 Å². The first-order valence-electron chi connectivity index (χ1n) is 12.1. The number of aryl methyl sites for hydroxylation is 1. The van der Waals surface area contributed by atoms with Gasteiger partial charge in [0, 0.05) is 5.69 Å². The van der Waals surface area contributed by atoms with Crippen molar-refractivity contribution in [1.29, 1.82) is 0 Å². The average molecular weight is 435 g/mol. The minimum absolute atomic E-state index is 0.309. The molecule has 0 aliphatic heterocycles. The first kappa shape index (κ1) is 25.7. The van der Waals surface area contributed by atoms with E-state index in [-0.39, 0.29) is 0 Å². The number of aliphatic imine (C=N–C) groups is 1. The summed E-state index contributed by atoms with van der Waals surface area (Å²) in [4.78, 5) is 4.26. The van der Waals surface area contributed by atoms with Gasteiger partial charge in [-0.05, 0) is 78.6 Å². The van der Waals surface area contributed by atoms with Gasteiger partial charge in [-0.2, -0.15) is 0 Å². The molecule has 0 spiro atoms. The van der Waals surface area contributed by atoms with Crippen LogP contribution in [0.1, 0.15) is 65.9 Å². The van der Waals surface area contributed by atoms with Gasteiger partial charge in [0.1, 0.15) is 11.4 Å². The Hall–Kier alpha value is -2.51. The molecule has 0 aliphatic carbocycles. The number of hydrogen-bond donors (Lipinski definition) is 1. The molecule has 3 nitrogen and oxygen atoms in total. The fraction of sp³-hybridized carbons (Fsp3) is 0.517. The van der Waals surface area contributed by atoms with Crippen LogP contribution in [-0.4, -0.2) is 12.5 Å². The van der Waals surface area contributed by atoms with Gasteiger partial charge >= 0.3 is 0 Å². The van der Waals surface area contributed by atoms with E-state index in [2.05, 4.69) is 64.2 Å². The van der Waals surface area contributed by atoms with E-state index in [4.69, 9.17) is 10.5 Å². The van der Waals surface area contributed by atoms with Crippen LogP contribution < -0.4 is 10.5 Å². The van der Waals surface area contributed by atoms with Gasteiger partial charge < -0.3 is 10.5 Å². The highest BCUT2D eigenvalue weighted by molar-refractivity contribution is 5.61. The summed E-state index contributed by atoms with van der Waals surface area (Å²) in [6, 6.07) is 16.1. The van der Waals surface area contributed by atoms with Crippen LogP contribution >= 0.6 is 0 Å². The largest absolute Gasteiger partial charge is 0.491 e. The van der Waals surface area contributed by atoms with Gasteiger partial charge in [-0.25, -0.2) is 4.99 Å². The summed E-state index contributed by atoms with van der Waals surface area (Å²) in [7, 11) is 0. The van der Waals surface area contributed by atoms with Crippen molar-refractivity contribution in [3.63, 3.8) is 0 Å². The fourth-order valence-electron chi connectivity index (χ4n) is 4.39. The summed E-state index contributed by atoms with van der Waals surface area (Å²) in [5.41, 5.74) is 9.45. The van der Waals surface area contributed by atoms with Crippen LogP contribution in [0.25, 0.3) is 0 Å². The van der Waals surface area contributed by atoms with Crippen LogP contribution in [-0.2, 0) is 6.42 Å². The molecule has 3 unspecified atom stereocenters. The van der Waals surface area contributed by atoms with Crippen molar-refractivity contribution in [2.75, 3.05) is 12.3 Å². The van der Waals surface area contributed by atoms with E-state index in [0.717, 1.165) is 30.0 Å². The lowest BCUT2D eigenvalue weighted by molar-refractivity contribution is 0.0991. The Kier molecular flexibility index (Phi) is 10.1. The monoisotopic (exact) mass is 434 g/mol. The van der Waals surface area contributed by atoms with Gasteiger partial charge in [-0.15, -0.1) is 0 Å². The zero-order valence-corrected chi connectivity index (χ0v) is 20.7. The predicted octanol–water partition coefficient (Wildman–Crippen LogP) is 7.87. The second-order valence-corrected chi connectivity index (χ2v) is 9.82. The number of ether oxygens (including phenoxy) is 1. The highest BCUT2D eigenvalue weighted by Crippen LogP contribution is 2.40. The maximum absolute atomic E-state index is 6.40. The quantitative estimate of drug-likeness (QED) is 0.257. The van der Waals surface area contributed by atoms with Crippen LogP contribution in [0, 0.1) is 23.2 Å². The van der Waals surface area contributed by atoms with E-state index >= 15 is 0 Å². The Morgan fingerprint density at radius 2 is 1.78 bits per heavy atom. The summed E-state index contributed by atoms with van der Waals surface area (Å²) < 4.78 is 6.40. The maximum Gasteiger partial charge on any atom is 0.145 e. The first-order chi connectivity index (χ1) is 15.3. The van der Waals surface area contributed by atoms with Crippen molar-refractivity contribution in [2.24, 2.45) is 28.2 Å².